The van der Waals surface area contributed by atoms with Crippen LogP contribution in [0.4, 0.5) is 0 Å². The minimum absolute atomic E-state index is 0.754. The second kappa shape index (κ2) is 4.01. The molecule has 1 rings (SSSR count). The normalized spacial score (nSPS) is 10.2. The molecule has 0 radical (unpaired) electrons. The van der Waals surface area contributed by atoms with Crippen LogP contribution in [0.15, 0.2) is 15.7 Å². The average Bonchev–Trinajstić information content (AvgIpc) is 2.36. The molecule has 1 aromatic heterocycles. The monoisotopic (exact) mass is 173 g/mol. The molecule has 0 unspecified atom stereocenters. The summed E-state index contributed by atoms with van der Waals surface area (Å²) in [5, 5.41) is 2.12. The van der Waals surface area contributed by atoms with E-state index in [1.54, 1.807) is 23.1 Å². The standard InChI is InChI=1S/C7H11NS2/c1-9-7-6(2-4-8)3-5-10-7/h3,5H,2,4,8H2,1H3. The van der Waals surface area contributed by atoms with Crippen LogP contribution >= 0.6 is 23.1 Å². The van der Waals surface area contributed by atoms with E-state index in [1.165, 1.54) is 9.77 Å². The fraction of sp³-hybridized carbons (Fsp3) is 0.429. The highest BCUT2D eigenvalue weighted by molar-refractivity contribution is 8.00. The van der Waals surface area contributed by atoms with Gasteiger partial charge >= 0.3 is 0 Å². The lowest BCUT2D eigenvalue weighted by Crippen LogP contribution is -2.01. The molecule has 1 aromatic rings. The maximum Gasteiger partial charge on any atom is 0.0628 e. The number of hydrogen-bond acceptors (Lipinski definition) is 3. The zero-order chi connectivity index (χ0) is 7.40. The summed E-state index contributed by atoms with van der Waals surface area (Å²) in [5.74, 6) is 0. The number of rotatable bonds is 3. The van der Waals surface area contributed by atoms with Crippen molar-refractivity contribution < 1.29 is 0 Å². The van der Waals surface area contributed by atoms with Gasteiger partial charge in [-0.25, -0.2) is 0 Å². The molecule has 2 N–H and O–H groups in total. The van der Waals surface area contributed by atoms with E-state index in [-0.39, 0.29) is 0 Å². The minimum Gasteiger partial charge on any atom is -0.330 e. The molecule has 0 aliphatic rings. The van der Waals surface area contributed by atoms with Crippen molar-refractivity contribution in [2.75, 3.05) is 12.8 Å². The summed E-state index contributed by atoms with van der Waals surface area (Å²) in [6.45, 7) is 0.754. The molecule has 0 aliphatic carbocycles. The average molecular weight is 173 g/mol. The van der Waals surface area contributed by atoms with Crippen LogP contribution in [0.25, 0.3) is 0 Å². The number of nitrogens with two attached hydrogens (primary N) is 1. The maximum atomic E-state index is 5.44. The summed E-state index contributed by atoms with van der Waals surface area (Å²) < 4.78 is 1.41. The summed E-state index contributed by atoms with van der Waals surface area (Å²) in [5.41, 5.74) is 6.84. The Bertz CT molecular complexity index is 195. The van der Waals surface area contributed by atoms with Crippen LogP contribution in [0.5, 0.6) is 0 Å². The first-order chi connectivity index (χ1) is 4.88. The fourth-order valence-corrected chi connectivity index (χ4v) is 2.50. The summed E-state index contributed by atoms with van der Waals surface area (Å²) >= 11 is 3.60. The van der Waals surface area contributed by atoms with Gasteiger partial charge in [0, 0.05) is 0 Å². The molecule has 0 fully saturated rings. The van der Waals surface area contributed by atoms with Gasteiger partial charge in [-0.05, 0) is 36.2 Å². The van der Waals surface area contributed by atoms with E-state index in [0.717, 1.165) is 13.0 Å². The van der Waals surface area contributed by atoms with Crippen molar-refractivity contribution in [3.05, 3.63) is 17.0 Å². The van der Waals surface area contributed by atoms with Crippen LogP contribution in [0, 0.1) is 0 Å². The van der Waals surface area contributed by atoms with Crippen molar-refractivity contribution in [1.82, 2.24) is 0 Å². The zero-order valence-corrected chi connectivity index (χ0v) is 7.60. The van der Waals surface area contributed by atoms with Gasteiger partial charge in [0.25, 0.3) is 0 Å². The molecule has 10 heavy (non-hydrogen) atoms. The highest BCUT2D eigenvalue weighted by Crippen LogP contribution is 2.26. The first-order valence-corrected chi connectivity index (χ1v) is 5.29. The molecule has 0 amide bonds. The number of thioether (sulfide) groups is 1. The Morgan fingerprint density at radius 2 is 2.50 bits per heavy atom. The fourth-order valence-electron chi connectivity index (χ4n) is 0.842. The Kier molecular flexibility index (Phi) is 3.25. The number of thiophene rings is 1. The molecule has 0 saturated carbocycles. The predicted octanol–water partition coefficient (Wildman–Crippen LogP) is 1.97. The molecular weight excluding hydrogens is 162 g/mol. The van der Waals surface area contributed by atoms with Gasteiger partial charge in [0.05, 0.1) is 4.21 Å². The minimum atomic E-state index is 0.754. The Hall–Kier alpha value is 0.01000. The summed E-state index contributed by atoms with van der Waals surface area (Å²) in [4.78, 5) is 0. The summed E-state index contributed by atoms with van der Waals surface area (Å²) in [6.07, 6.45) is 3.12. The Labute approximate surface area is 69.6 Å². The molecule has 0 bridgehead atoms. The van der Waals surface area contributed by atoms with Crippen molar-refractivity contribution in [3.63, 3.8) is 0 Å². The van der Waals surface area contributed by atoms with Crippen LogP contribution in [-0.2, 0) is 6.42 Å². The van der Waals surface area contributed by atoms with Gasteiger partial charge in [0.1, 0.15) is 0 Å². The van der Waals surface area contributed by atoms with E-state index in [9.17, 15) is 0 Å². The van der Waals surface area contributed by atoms with E-state index in [0.29, 0.717) is 0 Å². The molecule has 0 aliphatic heterocycles. The van der Waals surface area contributed by atoms with Gasteiger partial charge in [-0.1, -0.05) is 0 Å². The third-order valence-corrected chi connectivity index (χ3v) is 3.48. The van der Waals surface area contributed by atoms with Crippen LogP contribution in [0.3, 0.4) is 0 Å². The van der Waals surface area contributed by atoms with Gasteiger partial charge in [0.15, 0.2) is 0 Å². The summed E-state index contributed by atoms with van der Waals surface area (Å²) in [6, 6.07) is 2.16. The van der Waals surface area contributed by atoms with E-state index in [4.69, 9.17) is 5.73 Å². The Morgan fingerprint density at radius 3 is 3.10 bits per heavy atom. The van der Waals surface area contributed by atoms with Gasteiger partial charge in [-0.2, -0.15) is 0 Å². The first kappa shape index (κ1) is 8.11. The third kappa shape index (κ3) is 1.75. The molecule has 0 atom stereocenters. The maximum absolute atomic E-state index is 5.44. The molecule has 1 nitrogen and oxygen atoms in total. The molecule has 3 heteroatoms. The lowest BCUT2D eigenvalue weighted by molar-refractivity contribution is 0.958. The highest BCUT2D eigenvalue weighted by atomic mass is 32.2. The second-order valence-corrected chi connectivity index (χ2v) is 3.97. The number of hydrogen-bond donors (Lipinski definition) is 1. The van der Waals surface area contributed by atoms with Crippen molar-refractivity contribution in [1.29, 1.82) is 0 Å². The van der Waals surface area contributed by atoms with Crippen molar-refractivity contribution in [2.45, 2.75) is 10.6 Å². The van der Waals surface area contributed by atoms with Crippen LogP contribution in [-0.4, -0.2) is 12.8 Å². The van der Waals surface area contributed by atoms with Gasteiger partial charge in [-0.3, -0.25) is 0 Å². The van der Waals surface area contributed by atoms with Gasteiger partial charge in [-0.15, -0.1) is 23.1 Å². The molecule has 0 spiro atoms. The molecule has 1 heterocycles. The highest BCUT2D eigenvalue weighted by Gasteiger charge is 1.99. The lowest BCUT2D eigenvalue weighted by Gasteiger charge is -1.95. The summed E-state index contributed by atoms with van der Waals surface area (Å²) in [7, 11) is 0. The van der Waals surface area contributed by atoms with Crippen LogP contribution in [0.1, 0.15) is 5.56 Å². The molecular formula is C7H11NS2. The van der Waals surface area contributed by atoms with Crippen molar-refractivity contribution >= 4 is 23.1 Å². The van der Waals surface area contributed by atoms with E-state index < -0.39 is 0 Å². The SMILES string of the molecule is CSc1sccc1CCN. The van der Waals surface area contributed by atoms with E-state index in [1.807, 2.05) is 0 Å². The van der Waals surface area contributed by atoms with E-state index in [2.05, 4.69) is 17.7 Å². The Balaban J connectivity index is 2.70. The van der Waals surface area contributed by atoms with Crippen molar-refractivity contribution in [3.8, 4) is 0 Å². The lowest BCUT2D eigenvalue weighted by atomic mass is 10.2. The van der Waals surface area contributed by atoms with E-state index >= 15 is 0 Å². The molecule has 0 saturated heterocycles. The van der Waals surface area contributed by atoms with Gasteiger partial charge < -0.3 is 5.73 Å². The Morgan fingerprint density at radius 1 is 1.70 bits per heavy atom. The smallest absolute Gasteiger partial charge is 0.0628 e. The van der Waals surface area contributed by atoms with Crippen LogP contribution < -0.4 is 5.73 Å². The second-order valence-electron chi connectivity index (χ2n) is 1.98. The third-order valence-electron chi connectivity index (χ3n) is 1.31. The zero-order valence-electron chi connectivity index (χ0n) is 5.96. The predicted molar refractivity (Wildman–Crippen MR) is 48.9 cm³/mol. The molecule has 56 valence electrons. The van der Waals surface area contributed by atoms with Gasteiger partial charge in [0.2, 0.25) is 0 Å². The molecule has 0 aromatic carbocycles. The topological polar surface area (TPSA) is 26.0 Å². The first-order valence-electron chi connectivity index (χ1n) is 3.19. The largest absolute Gasteiger partial charge is 0.330 e. The van der Waals surface area contributed by atoms with Crippen molar-refractivity contribution in [2.24, 2.45) is 5.73 Å². The van der Waals surface area contributed by atoms with Crippen LogP contribution in [0.2, 0.25) is 0 Å². The quantitative estimate of drug-likeness (QED) is 0.707.